The second kappa shape index (κ2) is 4.40. The van der Waals surface area contributed by atoms with Gasteiger partial charge in [0.25, 0.3) is 0 Å². The van der Waals surface area contributed by atoms with Crippen LogP contribution in [0.4, 0.5) is 0 Å². The molecule has 0 aliphatic heterocycles. The van der Waals surface area contributed by atoms with E-state index >= 15 is 0 Å². The summed E-state index contributed by atoms with van der Waals surface area (Å²) in [4.78, 5) is 0. The minimum Gasteiger partial charge on any atom is -0.217 e. The molecule has 1 N–H and O–H groups in total. The van der Waals surface area contributed by atoms with Crippen molar-refractivity contribution in [1.29, 1.82) is 0 Å². The Morgan fingerprint density at radius 1 is 1.08 bits per heavy atom. The third-order valence-electron chi connectivity index (χ3n) is 2.50. The summed E-state index contributed by atoms with van der Waals surface area (Å²) in [5, 5.41) is 10.0. The van der Waals surface area contributed by atoms with E-state index in [1.54, 1.807) is 0 Å². The third-order valence-corrected chi connectivity index (χ3v) is 2.50. The first-order valence-electron chi connectivity index (χ1n) is 4.83. The monoisotopic (exact) mass is 180 g/mol. The summed E-state index contributed by atoms with van der Waals surface area (Å²) in [5.41, 5.74) is 1.19. The normalized spacial score (nSPS) is 11.6. The van der Waals surface area contributed by atoms with E-state index in [0.717, 1.165) is 13.1 Å². The second-order valence-corrected chi connectivity index (χ2v) is 3.37. The zero-order valence-corrected chi connectivity index (χ0v) is 8.40. The summed E-state index contributed by atoms with van der Waals surface area (Å²) >= 11 is 0. The van der Waals surface area contributed by atoms with Crippen molar-refractivity contribution >= 4 is 0 Å². The fourth-order valence-electron chi connectivity index (χ4n) is 1.37. The summed E-state index contributed by atoms with van der Waals surface area (Å²) < 4.78 is 0.129. The highest BCUT2D eigenvalue weighted by Gasteiger charge is 2.20. The molecule has 1 aromatic carbocycles. The fraction of sp³-hybridized carbons (Fsp3) is 0.455. The molecule has 1 rings (SSSR count). The Morgan fingerprint density at radius 3 is 2.08 bits per heavy atom. The maximum Gasteiger partial charge on any atom is 0.134 e. The lowest BCUT2D eigenvalue weighted by atomic mass is 10.2. The highest BCUT2D eigenvalue weighted by molar-refractivity contribution is 5.13. The molecule has 2 nitrogen and oxygen atoms in total. The lowest BCUT2D eigenvalue weighted by Crippen LogP contribution is -2.43. The molecule has 13 heavy (non-hydrogen) atoms. The van der Waals surface area contributed by atoms with Gasteiger partial charge in [-0.15, -0.1) is 0 Å². The molecular weight excluding hydrogens is 162 g/mol. The van der Waals surface area contributed by atoms with E-state index in [1.807, 2.05) is 32.0 Å². The fourth-order valence-corrected chi connectivity index (χ4v) is 1.37. The molecule has 0 aliphatic rings. The van der Waals surface area contributed by atoms with Crippen LogP contribution in [0, 0.1) is 0 Å². The molecule has 0 spiro atoms. The molecule has 0 unspecified atom stereocenters. The lowest BCUT2D eigenvalue weighted by Gasteiger charge is -2.27. The van der Waals surface area contributed by atoms with Gasteiger partial charge < -0.3 is 0 Å². The average molecular weight is 180 g/mol. The zero-order valence-electron chi connectivity index (χ0n) is 8.40. The van der Waals surface area contributed by atoms with Gasteiger partial charge in [0.2, 0.25) is 0 Å². The molecular formula is C11H18NO+. The van der Waals surface area contributed by atoms with Crippen LogP contribution in [0.1, 0.15) is 19.4 Å². The minimum atomic E-state index is 0.129. The van der Waals surface area contributed by atoms with Crippen molar-refractivity contribution < 1.29 is 9.85 Å². The van der Waals surface area contributed by atoms with Crippen LogP contribution in [0.5, 0.6) is 0 Å². The van der Waals surface area contributed by atoms with Crippen LogP contribution >= 0.6 is 0 Å². The van der Waals surface area contributed by atoms with Crippen molar-refractivity contribution in [3.63, 3.8) is 0 Å². The summed E-state index contributed by atoms with van der Waals surface area (Å²) in [6.45, 7) is 6.23. The minimum absolute atomic E-state index is 0.129. The van der Waals surface area contributed by atoms with Gasteiger partial charge in [0, 0.05) is 5.56 Å². The van der Waals surface area contributed by atoms with Crippen LogP contribution < -0.4 is 0 Å². The first-order chi connectivity index (χ1) is 6.20. The summed E-state index contributed by atoms with van der Waals surface area (Å²) in [6, 6.07) is 10.1. The highest BCUT2D eigenvalue weighted by atomic mass is 16.5. The molecule has 72 valence electrons. The molecule has 0 aliphatic carbocycles. The number of quaternary nitrogens is 1. The van der Waals surface area contributed by atoms with E-state index in [4.69, 9.17) is 0 Å². The lowest BCUT2D eigenvalue weighted by molar-refractivity contribution is -1.11. The third kappa shape index (κ3) is 2.83. The predicted octanol–water partition coefficient (Wildman–Crippen LogP) is 2.43. The van der Waals surface area contributed by atoms with Gasteiger partial charge in [-0.1, -0.05) is 30.3 Å². The predicted molar refractivity (Wildman–Crippen MR) is 53.3 cm³/mol. The molecule has 0 aromatic heterocycles. The van der Waals surface area contributed by atoms with Crippen LogP contribution in [0.25, 0.3) is 0 Å². The Kier molecular flexibility index (Phi) is 3.46. The van der Waals surface area contributed by atoms with Crippen molar-refractivity contribution in [2.24, 2.45) is 0 Å². The van der Waals surface area contributed by atoms with Crippen molar-refractivity contribution in [3.8, 4) is 0 Å². The number of hydrogen-bond donors (Lipinski definition) is 1. The van der Waals surface area contributed by atoms with Gasteiger partial charge in [0.1, 0.15) is 19.6 Å². The molecule has 0 heterocycles. The van der Waals surface area contributed by atoms with E-state index in [-0.39, 0.29) is 4.65 Å². The Labute approximate surface area is 80.0 Å². The number of benzene rings is 1. The summed E-state index contributed by atoms with van der Waals surface area (Å²) in [5.74, 6) is 0. The van der Waals surface area contributed by atoms with Gasteiger partial charge in [-0.2, -0.15) is 4.65 Å². The van der Waals surface area contributed by atoms with E-state index in [1.165, 1.54) is 5.56 Å². The maximum absolute atomic E-state index is 10.0. The smallest absolute Gasteiger partial charge is 0.134 e. The van der Waals surface area contributed by atoms with Crippen LogP contribution in [0.3, 0.4) is 0 Å². The number of hydrogen-bond acceptors (Lipinski definition) is 1. The number of hydroxylamine groups is 3. The quantitative estimate of drug-likeness (QED) is 0.557. The van der Waals surface area contributed by atoms with Crippen molar-refractivity contribution in [2.75, 3.05) is 13.1 Å². The van der Waals surface area contributed by atoms with Gasteiger partial charge in [-0.25, -0.2) is 5.21 Å². The SMILES string of the molecule is CC[N+](O)(CC)Cc1ccccc1. The van der Waals surface area contributed by atoms with Gasteiger partial charge in [-0.05, 0) is 13.8 Å². The first kappa shape index (κ1) is 10.2. The Balaban J connectivity index is 2.68. The number of nitrogens with zero attached hydrogens (tertiary/aromatic N) is 1. The molecule has 1 aromatic rings. The van der Waals surface area contributed by atoms with E-state index in [2.05, 4.69) is 12.1 Å². The van der Waals surface area contributed by atoms with Gasteiger partial charge >= 0.3 is 0 Å². The van der Waals surface area contributed by atoms with Crippen LogP contribution in [0.15, 0.2) is 30.3 Å². The average Bonchev–Trinajstić information content (AvgIpc) is 2.19. The standard InChI is InChI=1S/C11H18NO/c1-3-12(13,4-2)10-11-8-6-5-7-9-11/h5-9,13H,3-4,10H2,1-2H3/q+1. The molecule has 0 saturated heterocycles. The van der Waals surface area contributed by atoms with E-state index < -0.39 is 0 Å². The topological polar surface area (TPSA) is 20.2 Å². The molecule has 0 fully saturated rings. The summed E-state index contributed by atoms with van der Waals surface area (Å²) in [6.07, 6.45) is 0. The van der Waals surface area contributed by atoms with Crippen LogP contribution in [-0.2, 0) is 6.54 Å². The zero-order chi connectivity index (χ0) is 9.73. The molecule has 0 radical (unpaired) electrons. The number of rotatable bonds is 4. The summed E-state index contributed by atoms with van der Waals surface area (Å²) in [7, 11) is 0. The first-order valence-corrected chi connectivity index (χ1v) is 4.83. The van der Waals surface area contributed by atoms with Crippen LogP contribution in [0.2, 0.25) is 0 Å². The highest BCUT2D eigenvalue weighted by Crippen LogP contribution is 2.10. The van der Waals surface area contributed by atoms with Gasteiger partial charge in [-0.3, -0.25) is 0 Å². The molecule has 2 heteroatoms. The van der Waals surface area contributed by atoms with Crippen molar-refractivity contribution in [2.45, 2.75) is 20.4 Å². The Hall–Kier alpha value is -0.860. The van der Waals surface area contributed by atoms with Crippen molar-refractivity contribution in [3.05, 3.63) is 35.9 Å². The molecule has 0 amide bonds. The molecule has 0 bridgehead atoms. The molecule has 0 saturated carbocycles. The molecule has 0 atom stereocenters. The maximum atomic E-state index is 10.0. The van der Waals surface area contributed by atoms with E-state index in [0.29, 0.717) is 6.54 Å². The largest absolute Gasteiger partial charge is 0.217 e. The Morgan fingerprint density at radius 2 is 1.62 bits per heavy atom. The second-order valence-electron chi connectivity index (χ2n) is 3.37. The van der Waals surface area contributed by atoms with Gasteiger partial charge in [0.15, 0.2) is 0 Å². The van der Waals surface area contributed by atoms with Gasteiger partial charge in [0.05, 0.1) is 0 Å². The van der Waals surface area contributed by atoms with Crippen LogP contribution in [-0.4, -0.2) is 22.9 Å². The van der Waals surface area contributed by atoms with Crippen molar-refractivity contribution in [1.82, 2.24) is 0 Å². The Bertz CT molecular complexity index is 242. The van der Waals surface area contributed by atoms with E-state index in [9.17, 15) is 5.21 Å².